The molecule has 1 fully saturated rings. The molecule has 2 heterocycles. The van der Waals surface area contributed by atoms with Crippen molar-refractivity contribution in [2.75, 3.05) is 19.6 Å². The third-order valence-corrected chi connectivity index (χ3v) is 5.15. The Kier molecular flexibility index (Phi) is 7.30. The Balaban J connectivity index is 0.00000243. The van der Waals surface area contributed by atoms with Gasteiger partial charge in [-0.1, -0.05) is 25.1 Å². The number of nitrogens with zero attached hydrogens (tertiary/aromatic N) is 2. The van der Waals surface area contributed by atoms with Crippen molar-refractivity contribution in [3.05, 3.63) is 53.3 Å². The number of aromatic nitrogens is 1. The summed E-state index contributed by atoms with van der Waals surface area (Å²) < 4.78 is 2.18. The summed E-state index contributed by atoms with van der Waals surface area (Å²) in [5.74, 6) is 0.184. The second-order valence-electron chi connectivity index (χ2n) is 6.94. The van der Waals surface area contributed by atoms with Gasteiger partial charge in [-0.05, 0) is 64.4 Å². The van der Waals surface area contributed by atoms with Crippen molar-refractivity contribution in [3.63, 3.8) is 0 Å². The summed E-state index contributed by atoms with van der Waals surface area (Å²) in [7, 11) is 0. The molecule has 1 aromatic carbocycles. The van der Waals surface area contributed by atoms with Gasteiger partial charge in [0, 0.05) is 29.7 Å². The maximum Gasteiger partial charge on any atom is 0.255 e. The van der Waals surface area contributed by atoms with E-state index >= 15 is 0 Å². The van der Waals surface area contributed by atoms with Crippen LogP contribution in [-0.4, -0.2) is 41.1 Å². The molecule has 5 heteroatoms. The van der Waals surface area contributed by atoms with E-state index < -0.39 is 0 Å². The molecule has 0 spiro atoms. The summed E-state index contributed by atoms with van der Waals surface area (Å²) in [5, 5.41) is 3.39. The summed E-state index contributed by atoms with van der Waals surface area (Å²) in [6, 6.07) is 12.7. The molecule has 0 bridgehead atoms. The van der Waals surface area contributed by atoms with Gasteiger partial charge in [0.05, 0.1) is 5.56 Å². The zero-order valence-corrected chi connectivity index (χ0v) is 16.8. The molecule has 1 saturated heterocycles. The summed E-state index contributed by atoms with van der Waals surface area (Å²) in [6.45, 7) is 9.11. The van der Waals surface area contributed by atoms with E-state index in [-0.39, 0.29) is 18.3 Å². The van der Waals surface area contributed by atoms with Crippen LogP contribution in [0, 0.1) is 13.8 Å². The quantitative estimate of drug-likeness (QED) is 0.853. The Bertz CT molecular complexity index is 720. The monoisotopic (exact) mass is 375 g/mol. The molecule has 0 unspecified atom stereocenters. The number of piperidine rings is 1. The van der Waals surface area contributed by atoms with Crippen LogP contribution in [-0.2, 0) is 0 Å². The normalized spacial score (nSPS) is 14.7. The third-order valence-electron chi connectivity index (χ3n) is 5.15. The highest BCUT2D eigenvalue weighted by atomic mass is 35.5. The van der Waals surface area contributed by atoms with Gasteiger partial charge in [0.25, 0.3) is 5.91 Å². The topological polar surface area (TPSA) is 37.3 Å². The minimum atomic E-state index is 0. The molecule has 1 aromatic heterocycles. The van der Waals surface area contributed by atoms with E-state index in [0.29, 0.717) is 6.04 Å². The van der Waals surface area contributed by atoms with E-state index in [0.717, 1.165) is 61.5 Å². The van der Waals surface area contributed by atoms with Crippen molar-refractivity contribution in [2.24, 2.45) is 0 Å². The van der Waals surface area contributed by atoms with Gasteiger partial charge in [0.1, 0.15) is 0 Å². The number of carbonyl (C=O) groups excluding carboxylic acids is 1. The maximum atomic E-state index is 13.3. The first kappa shape index (κ1) is 20.5. The standard InChI is InChI=1S/C21H29N3O.ClH/c1-4-14-23(18-10-12-22-13-11-18)21(25)20-15-16(2)24(17(20)3)19-8-6-5-7-9-19;/h5-9,15,18,22H,4,10-14H2,1-3H3;1H. The molecule has 4 nitrogen and oxygen atoms in total. The van der Waals surface area contributed by atoms with Gasteiger partial charge in [-0.2, -0.15) is 0 Å². The molecule has 1 aliphatic rings. The van der Waals surface area contributed by atoms with Crippen molar-refractivity contribution >= 4 is 18.3 Å². The Hall–Kier alpha value is -1.78. The number of para-hydroxylation sites is 1. The van der Waals surface area contributed by atoms with Gasteiger partial charge < -0.3 is 14.8 Å². The minimum absolute atomic E-state index is 0. The number of rotatable bonds is 5. The number of halogens is 1. The molecule has 0 aliphatic carbocycles. The lowest BCUT2D eigenvalue weighted by Crippen LogP contribution is -2.46. The predicted molar refractivity (Wildman–Crippen MR) is 110 cm³/mol. The molecule has 1 aliphatic heterocycles. The Morgan fingerprint density at radius 3 is 2.46 bits per heavy atom. The number of amides is 1. The van der Waals surface area contributed by atoms with E-state index in [1.165, 1.54) is 0 Å². The lowest BCUT2D eigenvalue weighted by atomic mass is 10.0. The van der Waals surface area contributed by atoms with E-state index in [4.69, 9.17) is 0 Å². The number of hydrogen-bond acceptors (Lipinski definition) is 2. The van der Waals surface area contributed by atoms with Crippen molar-refractivity contribution in [1.29, 1.82) is 0 Å². The van der Waals surface area contributed by atoms with Crippen molar-refractivity contribution in [3.8, 4) is 5.69 Å². The van der Waals surface area contributed by atoms with Crippen LogP contribution < -0.4 is 5.32 Å². The van der Waals surface area contributed by atoms with Gasteiger partial charge in [-0.25, -0.2) is 0 Å². The number of nitrogens with one attached hydrogen (secondary N) is 1. The summed E-state index contributed by atoms with van der Waals surface area (Å²) in [6.07, 6.45) is 3.08. The van der Waals surface area contributed by atoms with Crippen LogP contribution >= 0.6 is 12.4 Å². The summed E-state index contributed by atoms with van der Waals surface area (Å²) in [5.41, 5.74) is 4.09. The number of aryl methyl sites for hydroxylation is 1. The average molecular weight is 376 g/mol. The summed E-state index contributed by atoms with van der Waals surface area (Å²) >= 11 is 0. The highest BCUT2D eigenvalue weighted by Gasteiger charge is 2.28. The van der Waals surface area contributed by atoms with Crippen LogP contribution in [0.2, 0.25) is 0 Å². The van der Waals surface area contributed by atoms with E-state index in [1.807, 2.05) is 18.2 Å². The Labute approximate surface area is 163 Å². The number of benzene rings is 1. The third kappa shape index (κ3) is 4.13. The fourth-order valence-corrected chi connectivity index (χ4v) is 3.92. The highest BCUT2D eigenvalue weighted by molar-refractivity contribution is 5.96. The smallest absolute Gasteiger partial charge is 0.255 e. The first-order valence-corrected chi connectivity index (χ1v) is 9.39. The lowest BCUT2D eigenvalue weighted by molar-refractivity contribution is 0.0642. The lowest BCUT2D eigenvalue weighted by Gasteiger charge is -2.34. The molecule has 1 amide bonds. The molecular weight excluding hydrogens is 346 g/mol. The predicted octanol–water partition coefficient (Wildman–Crippen LogP) is 4.12. The van der Waals surface area contributed by atoms with Crippen LogP contribution in [0.5, 0.6) is 0 Å². The molecule has 2 aromatic rings. The first-order chi connectivity index (χ1) is 12.1. The average Bonchev–Trinajstić information content (AvgIpc) is 2.95. The molecule has 0 radical (unpaired) electrons. The SMILES string of the molecule is CCCN(C(=O)c1cc(C)n(-c2ccccc2)c1C)C1CCNCC1.Cl. The Morgan fingerprint density at radius 1 is 1.19 bits per heavy atom. The minimum Gasteiger partial charge on any atom is -0.336 e. The molecule has 3 rings (SSSR count). The molecule has 142 valence electrons. The number of hydrogen-bond donors (Lipinski definition) is 1. The first-order valence-electron chi connectivity index (χ1n) is 9.39. The second-order valence-corrected chi connectivity index (χ2v) is 6.94. The second kappa shape index (κ2) is 9.24. The van der Waals surface area contributed by atoms with E-state index in [9.17, 15) is 4.79 Å². The van der Waals surface area contributed by atoms with Gasteiger partial charge in [-0.3, -0.25) is 4.79 Å². The van der Waals surface area contributed by atoms with Gasteiger partial charge >= 0.3 is 0 Å². The largest absolute Gasteiger partial charge is 0.336 e. The van der Waals surface area contributed by atoms with Gasteiger partial charge in [0.15, 0.2) is 0 Å². The molecule has 26 heavy (non-hydrogen) atoms. The maximum absolute atomic E-state index is 13.3. The van der Waals surface area contributed by atoms with Crippen LogP contribution in [0.4, 0.5) is 0 Å². The zero-order valence-electron chi connectivity index (χ0n) is 16.0. The van der Waals surface area contributed by atoms with E-state index in [1.54, 1.807) is 0 Å². The van der Waals surface area contributed by atoms with Crippen molar-refractivity contribution in [2.45, 2.75) is 46.1 Å². The van der Waals surface area contributed by atoms with Crippen LogP contribution in [0.25, 0.3) is 5.69 Å². The fraction of sp³-hybridized carbons (Fsp3) is 0.476. The molecular formula is C21H30ClN3O. The van der Waals surface area contributed by atoms with Crippen LogP contribution in [0.3, 0.4) is 0 Å². The van der Waals surface area contributed by atoms with Gasteiger partial charge in [0.2, 0.25) is 0 Å². The number of carbonyl (C=O) groups is 1. The van der Waals surface area contributed by atoms with Crippen molar-refractivity contribution < 1.29 is 4.79 Å². The Morgan fingerprint density at radius 2 is 1.85 bits per heavy atom. The molecule has 1 N–H and O–H groups in total. The molecule has 0 saturated carbocycles. The fourth-order valence-electron chi connectivity index (χ4n) is 3.92. The zero-order chi connectivity index (χ0) is 17.8. The van der Waals surface area contributed by atoms with Crippen LogP contribution in [0.15, 0.2) is 36.4 Å². The molecule has 0 atom stereocenters. The summed E-state index contributed by atoms with van der Waals surface area (Å²) in [4.78, 5) is 15.5. The highest BCUT2D eigenvalue weighted by Crippen LogP contribution is 2.24. The van der Waals surface area contributed by atoms with Crippen molar-refractivity contribution in [1.82, 2.24) is 14.8 Å². The van der Waals surface area contributed by atoms with E-state index in [2.05, 4.69) is 53.8 Å². The van der Waals surface area contributed by atoms with Gasteiger partial charge in [-0.15, -0.1) is 12.4 Å². The van der Waals surface area contributed by atoms with Crippen LogP contribution in [0.1, 0.15) is 47.9 Å².